The minimum absolute atomic E-state index is 0. The van der Waals surface area contributed by atoms with E-state index in [9.17, 15) is 4.79 Å². The van der Waals surface area contributed by atoms with Gasteiger partial charge in [0.2, 0.25) is 5.91 Å². The molecule has 0 saturated carbocycles. The Bertz CT molecular complexity index is 1030. The van der Waals surface area contributed by atoms with Crippen LogP contribution >= 0.6 is 0 Å². The molecule has 0 fully saturated rings. The van der Waals surface area contributed by atoms with Crippen molar-refractivity contribution in [3.63, 3.8) is 0 Å². The summed E-state index contributed by atoms with van der Waals surface area (Å²) in [5.74, 6) is -0.356. The van der Waals surface area contributed by atoms with Gasteiger partial charge in [-0.2, -0.15) is 0 Å². The van der Waals surface area contributed by atoms with Crippen LogP contribution in [0.2, 0.25) is 0 Å². The van der Waals surface area contributed by atoms with Gasteiger partial charge in [-0.1, -0.05) is 136 Å². The molecule has 0 aliphatic heterocycles. The Balaban J connectivity index is 0.000000506. The number of hydrogen-bond acceptors (Lipinski definition) is 1. The number of primary amides is 1. The van der Waals surface area contributed by atoms with E-state index in [-0.39, 0.29) is 29.6 Å². The first kappa shape index (κ1) is 33.1. The zero-order valence-corrected chi connectivity index (χ0v) is 23.9. The minimum Gasteiger partial charge on any atom is -0.366 e. The van der Waals surface area contributed by atoms with Crippen molar-refractivity contribution in [3.05, 3.63) is 106 Å². The molecular formula is C34H51NO. The van der Waals surface area contributed by atoms with Crippen LogP contribution in [0.3, 0.4) is 0 Å². The summed E-state index contributed by atoms with van der Waals surface area (Å²) in [6, 6.07) is 24.6. The quantitative estimate of drug-likeness (QED) is 0.363. The first-order valence-electron chi connectivity index (χ1n) is 12.5. The van der Waals surface area contributed by atoms with Gasteiger partial charge in [0.05, 0.1) is 0 Å². The van der Waals surface area contributed by atoms with E-state index in [1.54, 1.807) is 6.07 Å². The molecule has 0 aromatic heterocycles. The fourth-order valence-electron chi connectivity index (χ4n) is 4.18. The van der Waals surface area contributed by atoms with Gasteiger partial charge >= 0.3 is 0 Å². The normalized spacial score (nSPS) is 11.2. The standard InChI is InChI=1S/C11H15NO.2C11H16.CH4/c1-11(2,3)9-7-5-4-6-8(9)10(12)13;2*1-9-7-5-6-8-10(9)11(2,3)4;/h4-7H,1-3H3,(H2,12,13);2*5-8H,1-4H3;1H4. The summed E-state index contributed by atoms with van der Waals surface area (Å²) in [5, 5.41) is 0. The van der Waals surface area contributed by atoms with Crippen molar-refractivity contribution in [1.29, 1.82) is 0 Å². The summed E-state index contributed by atoms with van der Waals surface area (Å²) in [4.78, 5) is 11.1. The number of carbonyl (C=O) groups is 1. The van der Waals surface area contributed by atoms with Crippen molar-refractivity contribution < 1.29 is 4.79 Å². The maximum Gasteiger partial charge on any atom is 0.248 e. The lowest BCUT2D eigenvalue weighted by molar-refractivity contribution is 0.0998. The number of amides is 1. The maximum atomic E-state index is 11.1. The van der Waals surface area contributed by atoms with Gasteiger partial charge in [0.15, 0.2) is 0 Å². The number of aryl methyl sites for hydroxylation is 2. The van der Waals surface area contributed by atoms with Crippen LogP contribution in [0.1, 0.15) is 108 Å². The third-order valence-corrected chi connectivity index (χ3v) is 5.91. The van der Waals surface area contributed by atoms with E-state index in [0.29, 0.717) is 5.56 Å². The van der Waals surface area contributed by atoms with Crippen LogP contribution in [-0.4, -0.2) is 5.91 Å². The molecule has 3 aromatic carbocycles. The van der Waals surface area contributed by atoms with E-state index < -0.39 is 0 Å². The Hall–Kier alpha value is -2.87. The Labute approximate surface area is 222 Å². The molecule has 36 heavy (non-hydrogen) atoms. The lowest BCUT2D eigenvalue weighted by Crippen LogP contribution is -2.20. The van der Waals surface area contributed by atoms with Crippen molar-refractivity contribution in [3.8, 4) is 0 Å². The fraction of sp³-hybridized carbons (Fsp3) is 0.441. The number of nitrogens with two attached hydrogens (primary N) is 1. The molecule has 0 saturated heterocycles. The van der Waals surface area contributed by atoms with Gasteiger partial charge in [0.1, 0.15) is 0 Å². The van der Waals surface area contributed by atoms with E-state index in [1.165, 1.54) is 22.3 Å². The van der Waals surface area contributed by atoms with Gasteiger partial charge in [-0.25, -0.2) is 0 Å². The third-order valence-electron chi connectivity index (χ3n) is 5.91. The molecule has 2 N–H and O–H groups in total. The minimum atomic E-state index is -0.356. The van der Waals surface area contributed by atoms with Crippen LogP contribution in [0.4, 0.5) is 0 Å². The van der Waals surface area contributed by atoms with Crippen LogP contribution in [0.15, 0.2) is 72.8 Å². The topological polar surface area (TPSA) is 43.1 Å². The first-order chi connectivity index (χ1) is 16.0. The van der Waals surface area contributed by atoms with Gasteiger partial charge in [-0.3, -0.25) is 4.79 Å². The largest absolute Gasteiger partial charge is 0.366 e. The van der Waals surface area contributed by atoms with E-state index in [2.05, 4.69) is 125 Å². The second-order valence-electron chi connectivity index (χ2n) is 12.3. The highest BCUT2D eigenvalue weighted by Gasteiger charge is 2.19. The molecule has 0 spiro atoms. The van der Waals surface area contributed by atoms with Crippen molar-refractivity contribution >= 4 is 5.91 Å². The molecule has 0 atom stereocenters. The Morgan fingerprint density at radius 1 is 0.528 bits per heavy atom. The Kier molecular flexibility index (Phi) is 12.4. The molecular weight excluding hydrogens is 438 g/mol. The third kappa shape index (κ3) is 10.4. The SMILES string of the molecule is C.CC(C)(C)c1ccccc1C(N)=O.Cc1ccccc1C(C)(C)C.Cc1ccccc1C(C)(C)C. The zero-order chi connectivity index (χ0) is 27.0. The second kappa shape index (κ2) is 13.4. The summed E-state index contributed by atoms with van der Waals surface area (Å²) in [6.45, 7) is 24.0. The number of benzene rings is 3. The molecule has 3 rings (SSSR count). The number of hydrogen-bond donors (Lipinski definition) is 1. The highest BCUT2D eigenvalue weighted by molar-refractivity contribution is 5.94. The predicted molar refractivity (Wildman–Crippen MR) is 160 cm³/mol. The van der Waals surface area contributed by atoms with Crippen LogP contribution in [0, 0.1) is 13.8 Å². The van der Waals surface area contributed by atoms with Crippen LogP contribution < -0.4 is 5.73 Å². The van der Waals surface area contributed by atoms with E-state index in [4.69, 9.17) is 5.73 Å². The van der Waals surface area contributed by atoms with Crippen molar-refractivity contribution in [1.82, 2.24) is 0 Å². The summed E-state index contributed by atoms with van der Waals surface area (Å²) < 4.78 is 0. The first-order valence-corrected chi connectivity index (χ1v) is 12.5. The molecule has 0 heterocycles. The molecule has 0 aliphatic rings. The van der Waals surface area contributed by atoms with Gasteiger partial charge in [-0.05, 0) is 64.0 Å². The fourth-order valence-corrected chi connectivity index (χ4v) is 4.18. The number of carbonyl (C=O) groups excluding carboxylic acids is 1. The van der Waals surface area contributed by atoms with Gasteiger partial charge in [0, 0.05) is 5.56 Å². The highest BCUT2D eigenvalue weighted by Crippen LogP contribution is 2.26. The van der Waals surface area contributed by atoms with Gasteiger partial charge in [0.25, 0.3) is 0 Å². The van der Waals surface area contributed by atoms with Crippen LogP contribution in [-0.2, 0) is 16.2 Å². The molecule has 0 bridgehead atoms. The molecule has 198 valence electrons. The van der Waals surface area contributed by atoms with Gasteiger partial charge < -0.3 is 5.73 Å². The predicted octanol–water partition coefficient (Wildman–Crippen LogP) is 9.30. The molecule has 2 nitrogen and oxygen atoms in total. The zero-order valence-electron chi connectivity index (χ0n) is 23.9. The summed E-state index contributed by atoms with van der Waals surface area (Å²) in [5.41, 5.74) is 13.1. The lowest BCUT2D eigenvalue weighted by atomic mass is 9.83. The van der Waals surface area contributed by atoms with Crippen molar-refractivity contribution in [2.45, 2.75) is 99.8 Å². The lowest BCUT2D eigenvalue weighted by Gasteiger charge is -2.21. The van der Waals surface area contributed by atoms with Crippen molar-refractivity contribution in [2.75, 3.05) is 0 Å². The van der Waals surface area contributed by atoms with Crippen LogP contribution in [0.25, 0.3) is 0 Å². The monoisotopic (exact) mass is 489 g/mol. The van der Waals surface area contributed by atoms with E-state index in [1.807, 2.05) is 18.2 Å². The number of rotatable bonds is 1. The molecule has 0 radical (unpaired) electrons. The molecule has 1 amide bonds. The average molecular weight is 490 g/mol. The molecule has 3 aromatic rings. The molecule has 0 aliphatic carbocycles. The summed E-state index contributed by atoms with van der Waals surface area (Å²) >= 11 is 0. The Morgan fingerprint density at radius 2 is 0.806 bits per heavy atom. The van der Waals surface area contributed by atoms with Gasteiger partial charge in [-0.15, -0.1) is 0 Å². The average Bonchev–Trinajstić information content (AvgIpc) is 2.73. The van der Waals surface area contributed by atoms with Crippen LogP contribution in [0.5, 0.6) is 0 Å². The van der Waals surface area contributed by atoms with E-state index >= 15 is 0 Å². The second-order valence-corrected chi connectivity index (χ2v) is 12.3. The maximum absolute atomic E-state index is 11.1. The summed E-state index contributed by atoms with van der Waals surface area (Å²) in [7, 11) is 0. The smallest absolute Gasteiger partial charge is 0.248 e. The summed E-state index contributed by atoms with van der Waals surface area (Å²) in [6.07, 6.45) is 0. The molecule has 2 heteroatoms. The van der Waals surface area contributed by atoms with Crippen molar-refractivity contribution in [2.24, 2.45) is 5.73 Å². The Morgan fingerprint density at radius 3 is 1.03 bits per heavy atom. The van der Waals surface area contributed by atoms with E-state index in [0.717, 1.165) is 5.56 Å². The highest BCUT2D eigenvalue weighted by atomic mass is 16.1. The molecule has 0 unspecified atom stereocenters.